The first-order valence-corrected chi connectivity index (χ1v) is 5.50. The van der Waals surface area contributed by atoms with Gasteiger partial charge >= 0.3 is 5.97 Å². The van der Waals surface area contributed by atoms with E-state index in [9.17, 15) is 9.59 Å². The molecule has 0 spiro atoms. The van der Waals surface area contributed by atoms with Gasteiger partial charge in [0, 0.05) is 17.5 Å². The predicted molar refractivity (Wildman–Crippen MR) is 66.1 cm³/mol. The van der Waals surface area contributed by atoms with E-state index in [0.29, 0.717) is 17.3 Å². The van der Waals surface area contributed by atoms with E-state index in [1.54, 1.807) is 18.2 Å². The number of nitrogens with one attached hydrogen (secondary N) is 1. The maximum Gasteiger partial charge on any atom is 0.354 e. The van der Waals surface area contributed by atoms with Gasteiger partial charge in [-0.15, -0.1) is 0 Å². The number of rotatable bonds is 3. The van der Waals surface area contributed by atoms with Crippen LogP contribution in [0.2, 0.25) is 5.02 Å². The van der Waals surface area contributed by atoms with Gasteiger partial charge in [-0.2, -0.15) is 0 Å². The molecule has 6 heteroatoms. The lowest BCUT2D eigenvalue weighted by Crippen LogP contribution is -2.15. The summed E-state index contributed by atoms with van der Waals surface area (Å²) in [6, 6.07) is 8.00. The molecule has 0 aliphatic rings. The van der Waals surface area contributed by atoms with Crippen LogP contribution in [0.15, 0.2) is 35.1 Å². The van der Waals surface area contributed by atoms with Crippen LogP contribution in [-0.4, -0.2) is 21.0 Å². The standard InChI is InChI=1S/C12H9ClN2O3/c13-8-3-1-2-7(4-8)5-10-14-9(12(17)18)6-11(16)15-10/h1-4,6H,5H2,(H,17,18)(H,14,15,16). The molecule has 0 saturated carbocycles. The number of aromatic nitrogens is 2. The summed E-state index contributed by atoms with van der Waals surface area (Å²) in [5.74, 6) is -0.935. The van der Waals surface area contributed by atoms with Crippen LogP contribution in [-0.2, 0) is 6.42 Å². The lowest BCUT2D eigenvalue weighted by Gasteiger charge is -2.02. The van der Waals surface area contributed by atoms with Crippen molar-refractivity contribution in [3.8, 4) is 0 Å². The van der Waals surface area contributed by atoms with Crippen LogP contribution < -0.4 is 5.56 Å². The highest BCUT2D eigenvalue weighted by atomic mass is 35.5. The third-order valence-electron chi connectivity index (χ3n) is 2.27. The normalized spacial score (nSPS) is 10.3. The summed E-state index contributed by atoms with van der Waals surface area (Å²) in [6.45, 7) is 0. The Labute approximate surface area is 107 Å². The molecule has 2 rings (SSSR count). The van der Waals surface area contributed by atoms with Crippen molar-refractivity contribution in [2.45, 2.75) is 6.42 Å². The van der Waals surface area contributed by atoms with Gasteiger partial charge in [-0.25, -0.2) is 9.78 Å². The van der Waals surface area contributed by atoms with Crippen LogP contribution in [0.5, 0.6) is 0 Å². The SMILES string of the molecule is O=C(O)c1cc(=O)[nH]c(Cc2cccc(Cl)c2)n1. The van der Waals surface area contributed by atoms with Gasteiger partial charge in [0.1, 0.15) is 5.82 Å². The fraction of sp³-hybridized carbons (Fsp3) is 0.0833. The molecule has 0 unspecified atom stereocenters. The molecule has 0 bridgehead atoms. The highest BCUT2D eigenvalue weighted by Gasteiger charge is 2.08. The van der Waals surface area contributed by atoms with E-state index in [4.69, 9.17) is 16.7 Å². The van der Waals surface area contributed by atoms with Crippen molar-refractivity contribution < 1.29 is 9.90 Å². The van der Waals surface area contributed by atoms with Gasteiger partial charge < -0.3 is 10.1 Å². The highest BCUT2D eigenvalue weighted by molar-refractivity contribution is 6.30. The highest BCUT2D eigenvalue weighted by Crippen LogP contribution is 2.12. The minimum Gasteiger partial charge on any atom is -0.477 e. The summed E-state index contributed by atoms with van der Waals surface area (Å²) in [7, 11) is 0. The Morgan fingerprint density at radius 1 is 1.39 bits per heavy atom. The second-order valence-electron chi connectivity index (χ2n) is 3.69. The summed E-state index contributed by atoms with van der Waals surface area (Å²) in [5.41, 5.74) is 0.0865. The average Bonchev–Trinajstić information content (AvgIpc) is 2.28. The molecule has 1 aromatic heterocycles. The van der Waals surface area contributed by atoms with Crippen molar-refractivity contribution in [3.63, 3.8) is 0 Å². The molecular weight excluding hydrogens is 256 g/mol. The largest absolute Gasteiger partial charge is 0.477 e. The van der Waals surface area contributed by atoms with Crippen molar-refractivity contribution in [1.82, 2.24) is 9.97 Å². The van der Waals surface area contributed by atoms with Crippen LogP contribution >= 0.6 is 11.6 Å². The summed E-state index contributed by atoms with van der Waals surface area (Å²) in [4.78, 5) is 28.4. The van der Waals surface area contributed by atoms with Crippen LogP contribution in [0.1, 0.15) is 21.9 Å². The fourth-order valence-electron chi connectivity index (χ4n) is 1.54. The maximum atomic E-state index is 11.3. The molecule has 18 heavy (non-hydrogen) atoms. The molecule has 1 heterocycles. The number of halogens is 1. The van der Waals surface area contributed by atoms with Gasteiger partial charge in [-0.05, 0) is 17.7 Å². The molecule has 5 nitrogen and oxygen atoms in total. The first-order valence-electron chi connectivity index (χ1n) is 5.12. The molecule has 0 amide bonds. The first kappa shape index (κ1) is 12.3. The van der Waals surface area contributed by atoms with E-state index in [2.05, 4.69) is 9.97 Å². The molecule has 0 aliphatic heterocycles. The van der Waals surface area contributed by atoms with Crippen molar-refractivity contribution in [2.75, 3.05) is 0 Å². The lowest BCUT2D eigenvalue weighted by atomic mass is 10.1. The van der Waals surface area contributed by atoms with E-state index in [1.165, 1.54) is 0 Å². The van der Waals surface area contributed by atoms with Gasteiger partial charge in [0.25, 0.3) is 5.56 Å². The molecule has 0 atom stereocenters. The van der Waals surface area contributed by atoms with E-state index in [1.807, 2.05) is 6.07 Å². The smallest absolute Gasteiger partial charge is 0.354 e. The number of carbonyl (C=O) groups is 1. The molecule has 92 valence electrons. The zero-order chi connectivity index (χ0) is 13.1. The summed E-state index contributed by atoms with van der Waals surface area (Å²) < 4.78 is 0. The van der Waals surface area contributed by atoms with E-state index < -0.39 is 11.5 Å². The van der Waals surface area contributed by atoms with Crippen molar-refractivity contribution in [3.05, 3.63) is 62.8 Å². The number of aromatic carboxylic acids is 1. The Kier molecular flexibility index (Phi) is 3.43. The van der Waals surface area contributed by atoms with Crippen molar-refractivity contribution in [2.24, 2.45) is 0 Å². The predicted octanol–water partition coefficient (Wildman–Crippen LogP) is 1.71. The Morgan fingerprint density at radius 2 is 2.17 bits per heavy atom. The monoisotopic (exact) mass is 264 g/mol. The number of carboxylic acids is 1. The van der Waals surface area contributed by atoms with Crippen LogP contribution in [0.3, 0.4) is 0 Å². The van der Waals surface area contributed by atoms with Gasteiger partial charge in [0.2, 0.25) is 0 Å². The third kappa shape index (κ3) is 2.95. The fourth-order valence-corrected chi connectivity index (χ4v) is 1.75. The molecule has 0 radical (unpaired) electrons. The number of nitrogens with zero attached hydrogens (tertiary/aromatic N) is 1. The van der Waals surface area contributed by atoms with E-state index in [-0.39, 0.29) is 5.69 Å². The number of hydrogen-bond donors (Lipinski definition) is 2. The average molecular weight is 265 g/mol. The molecule has 0 saturated heterocycles. The number of H-pyrrole nitrogens is 1. The molecule has 1 aromatic carbocycles. The van der Waals surface area contributed by atoms with Crippen LogP contribution in [0.25, 0.3) is 0 Å². The zero-order valence-electron chi connectivity index (χ0n) is 9.18. The number of hydrogen-bond acceptors (Lipinski definition) is 3. The topological polar surface area (TPSA) is 83.0 Å². The second-order valence-corrected chi connectivity index (χ2v) is 4.13. The lowest BCUT2D eigenvalue weighted by molar-refractivity contribution is 0.0689. The Hall–Kier alpha value is -2.14. The van der Waals surface area contributed by atoms with Crippen molar-refractivity contribution in [1.29, 1.82) is 0 Å². The third-order valence-corrected chi connectivity index (χ3v) is 2.51. The second kappa shape index (κ2) is 5.01. The van der Waals surface area contributed by atoms with Gasteiger partial charge in [0.15, 0.2) is 5.69 Å². The minimum absolute atomic E-state index is 0.268. The number of aromatic amines is 1. The van der Waals surface area contributed by atoms with Crippen LogP contribution in [0.4, 0.5) is 0 Å². The molecule has 2 aromatic rings. The molecule has 2 N–H and O–H groups in total. The minimum atomic E-state index is -1.23. The van der Waals surface area contributed by atoms with Gasteiger partial charge in [-0.1, -0.05) is 23.7 Å². The van der Waals surface area contributed by atoms with Gasteiger partial charge in [-0.3, -0.25) is 4.79 Å². The summed E-state index contributed by atoms with van der Waals surface area (Å²) in [6.07, 6.45) is 0.316. The zero-order valence-corrected chi connectivity index (χ0v) is 9.94. The quantitative estimate of drug-likeness (QED) is 0.884. The summed E-state index contributed by atoms with van der Waals surface area (Å²) >= 11 is 5.84. The van der Waals surface area contributed by atoms with Crippen LogP contribution in [0, 0.1) is 0 Å². The molecule has 0 fully saturated rings. The Balaban J connectivity index is 2.34. The van der Waals surface area contributed by atoms with E-state index in [0.717, 1.165) is 11.6 Å². The number of carboxylic acid groups (broad SMARTS) is 1. The van der Waals surface area contributed by atoms with Crippen molar-refractivity contribution >= 4 is 17.6 Å². The number of benzene rings is 1. The molecular formula is C12H9ClN2O3. The van der Waals surface area contributed by atoms with Gasteiger partial charge in [0.05, 0.1) is 0 Å². The maximum absolute atomic E-state index is 11.3. The summed E-state index contributed by atoms with van der Waals surface area (Å²) in [5, 5.41) is 9.38. The first-order chi connectivity index (χ1) is 8.54. The van der Waals surface area contributed by atoms with E-state index >= 15 is 0 Å². The Morgan fingerprint density at radius 3 is 2.83 bits per heavy atom. The Bertz CT molecular complexity index is 652. The molecule has 0 aliphatic carbocycles.